The van der Waals surface area contributed by atoms with Crippen LogP contribution in [0.4, 0.5) is 5.69 Å². The maximum absolute atomic E-state index is 11.2. The van der Waals surface area contributed by atoms with Crippen LogP contribution in [0.3, 0.4) is 0 Å². The highest BCUT2D eigenvalue weighted by atomic mass is 16.1. The fourth-order valence-corrected chi connectivity index (χ4v) is 2.69. The highest BCUT2D eigenvalue weighted by molar-refractivity contribution is 5.94. The van der Waals surface area contributed by atoms with Crippen LogP contribution in [-0.2, 0) is 0 Å². The topological polar surface area (TPSA) is 20.3 Å². The maximum Gasteiger partial charge on any atom is 0.159 e. The molecule has 1 aromatic carbocycles. The van der Waals surface area contributed by atoms with Crippen molar-refractivity contribution in [3.8, 4) is 0 Å². The molecule has 0 aromatic heterocycles. The first-order valence-corrected chi connectivity index (χ1v) is 6.47. The molecular formula is C15H21NO. The zero-order valence-corrected chi connectivity index (χ0v) is 10.9. The predicted octanol–water partition coefficient (Wildman–Crippen LogP) is 3.51. The molecule has 0 radical (unpaired) electrons. The van der Waals surface area contributed by atoms with Crippen molar-refractivity contribution in [2.75, 3.05) is 11.4 Å². The molecule has 0 aliphatic carbocycles. The van der Waals surface area contributed by atoms with Crippen LogP contribution in [0, 0.1) is 5.92 Å². The first kappa shape index (κ1) is 12.2. The second-order valence-corrected chi connectivity index (χ2v) is 5.25. The van der Waals surface area contributed by atoms with Crippen LogP contribution in [0.2, 0.25) is 0 Å². The fourth-order valence-electron chi connectivity index (χ4n) is 2.69. The van der Waals surface area contributed by atoms with Crippen molar-refractivity contribution >= 4 is 11.5 Å². The van der Waals surface area contributed by atoms with Gasteiger partial charge in [0.25, 0.3) is 0 Å². The van der Waals surface area contributed by atoms with Crippen LogP contribution in [0.25, 0.3) is 0 Å². The number of hydrogen-bond acceptors (Lipinski definition) is 2. The minimum Gasteiger partial charge on any atom is -0.368 e. The first-order chi connectivity index (χ1) is 8.09. The molecule has 2 heteroatoms. The lowest BCUT2D eigenvalue weighted by Gasteiger charge is -2.29. The summed E-state index contributed by atoms with van der Waals surface area (Å²) in [5.41, 5.74) is 2.06. The molecule has 0 saturated carbocycles. The van der Waals surface area contributed by atoms with Gasteiger partial charge < -0.3 is 4.90 Å². The highest BCUT2D eigenvalue weighted by Crippen LogP contribution is 2.29. The molecule has 1 aliphatic heterocycles. The average molecular weight is 231 g/mol. The number of hydrogen-bond donors (Lipinski definition) is 0. The third kappa shape index (κ3) is 2.51. The summed E-state index contributed by atoms with van der Waals surface area (Å²) in [6.07, 6.45) is 2.56. The first-order valence-electron chi connectivity index (χ1n) is 6.47. The van der Waals surface area contributed by atoms with Crippen LogP contribution in [-0.4, -0.2) is 18.4 Å². The van der Waals surface area contributed by atoms with Gasteiger partial charge in [0.05, 0.1) is 0 Å². The summed E-state index contributed by atoms with van der Waals surface area (Å²) in [6.45, 7) is 7.32. The van der Waals surface area contributed by atoms with Crippen molar-refractivity contribution < 1.29 is 4.79 Å². The number of rotatable bonds is 3. The molecule has 1 fully saturated rings. The van der Waals surface area contributed by atoms with Crippen molar-refractivity contribution in [3.05, 3.63) is 29.8 Å². The van der Waals surface area contributed by atoms with E-state index < -0.39 is 0 Å². The van der Waals surface area contributed by atoms with E-state index in [1.807, 2.05) is 12.1 Å². The number of carbonyl (C=O) groups is 1. The lowest BCUT2D eigenvalue weighted by Crippen LogP contribution is -2.33. The number of anilines is 1. The Labute approximate surface area is 104 Å². The molecule has 17 heavy (non-hydrogen) atoms. The molecule has 1 unspecified atom stereocenters. The van der Waals surface area contributed by atoms with Crippen molar-refractivity contribution in [2.24, 2.45) is 5.92 Å². The predicted molar refractivity (Wildman–Crippen MR) is 71.7 cm³/mol. The monoisotopic (exact) mass is 231 g/mol. The maximum atomic E-state index is 11.2. The van der Waals surface area contributed by atoms with E-state index >= 15 is 0 Å². The van der Waals surface area contributed by atoms with Gasteiger partial charge in [-0.25, -0.2) is 0 Å². The summed E-state index contributed by atoms with van der Waals surface area (Å²) in [5, 5.41) is 0. The van der Waals surface area contributed by atoms with Crippen LogP contribution in [0.5, 0.6) is 0 Å². The lowest BCUT2D eigenvalue weighted by atomic mass is 10.0. The molecule has 92 valence electrons. The van der Waals surface area contributed by atoms with E-state index in [1.54, 1.807) is 6.92 Å². The SMILES string of the molecule is CC(=O)c1ccc(N2CCCC2C(C)C)cc1. The Balaban J connectivity index is 2.19. The largest absolute Gasteiger partial charge is 0.368 e. The molecule has 1 aliphatic rings. The van der Waals surface area contributed by atoms with Gasteiger partial charge in [-0.1, -0.05) is 13.8 Å². The molecule has 1 heterocycles. The van der Waals surface area contributed by atoms with Crippen LogP contribution in [0.15, 0.2) is 24.3 Å². The Kier molecular flexibility index (Phi) is 3.51. The smallest absolute Gasteiger partial charge is 0.159 e. The number of Topliss-reactive ketones (excluding diaryl/α,β-unsaturated/α-hetero) is 1. The summed E-state index contributed by atoms with van der Waals surface area (Å²) in [4.78, 5) is 13.7. The Morgan fingerprint density at radius 1 is 1.29 bits per heavy atom. The zero-order chi connectivity index (χ0) is 12.4. The molecule has 1 atom stereocenters. The van der Waals surface area contributed by atoms with Crippen LogP contribution >= 0.6 is 0 Å². The zero-order valence-electron chi connectivity index (χ0n) is 10.9. The molecule has 0 bridgehead atoms. The molecule has 0 N–H and O–H groups in total. The van der Waals surface area contributed by atoms with Gasteiger partial charge in [0, 0.05) is 23.8 Å². The van der Waals surface area contributed by atoms with E-state index in [0.29, 0.717) is 12.0 Å². The van der Waals surface area contributed by atoms with Crippen LogP contribution < -0.4 is 4.90 Å². The molecule has 0 spiro atoms. The van der Waals surface area contributed by atoms with Crippen molar-refractivity contribution in [2.45, 2.75) is 39.7 Å². The third-order valence-corrected chi connectivity index (χ3v) is 3.67. The quantitative estimate of drug-likeness (QED) is 0.742. The third-order valence-electron chi connectivity index (χ3n) is 3.67. The summed E-state index contributed by atoms with van der Waals surface area (Å²) < 4.78 is 0. The standard InChI is InChI=1S/C15H21NO/c1-11(2)15-5-4-10-16(15)14-8-6-13(7-9-14)12(3)17/h6-9,11,15H,4-5,10H2,1-3H3. The Morgan fingerprint density at radius 2 is 1.94 bits per heavy atom. The van der Waals surface area contributed by atoms with Crippen LogP contribution in [0.1, 0.15) is 44.0 Å². The van der Waals surface area contributed by atoms with Gasteiger partial charge in [0.2, 0.25) is 0 Å². The normalized spacial score (nSPS) is 20.0. The minimum absolute atomic E-state index is 0.137. The van der Waals surface area contributed by atoms with E-state index in [1.165, 1.54) is 18.5 Å². The van der Waals surface area contributed by atoms with E-state index in [0.717, 1.165) is 12.1 Å². The minimum atomic E-state index is 0.137. The van der Waals surface area contributed by atoms with Gasteiger partial charge in [-0.2, -0.15) is 0 Å². The molecule has 0 amide bonds. The van der Waals surface area contributed by atoms with E-state index in [4.69, 9.17) is 0 Å². The highest BCUT2D eigenvalue weighted by Gasteiger charge is 2.26. The molecule has 2 rings (SSSR count). The summed E-state index contributed by atoms with van der Waals surface area (Å²) >= 11 is 0. The van der Waals surface area contributed by atoms with Crippen molar-refractivity contribution in [1.82, 2.24) is 0 Å². The van der Waals surface area contributed by atoms with E-state index in [2.05, 4.69) is 30.9 Å². The number of carbonyl (C=O) groups excluding carboxylic acids is 1. The number of nitrogens with zero attached hydrogens (tertiary/aromatic N) is 1. The lowest BCUT2D eigenvalue weighted by molar-refractivity contribution is 0.101. The number of benzene rings is 1. The second-order valence-electron chi connectivity index (χ2n) is 5.25. The Morgan fingerprint density at radius 3 is 2.47 bits per heavy atom. The summed E-state index contributed by atoms with van der Waals surface area (Å²) in [5.74, 6) is 0.823. The molecule has 1 saturated heterocycles. The van der Waals surface area contributed by atoms with E-state index in [-0.39, 0.29) is 5.78 Å². The van der Waals surface area contributed by atoms with Gasteiger partial charge in [-0.05, 0) is 49.9 Å². The summed E-state index contributed by atoms with van der Waals surface area (Å²) in [7, 11) is 0. The summed E-state index contributed by atoms with van der Waals surface area (Å²) in [6, 6.07) is 8.69. The van der Waals surface area contributed by atoms with Gasteiger partial charge in [-0.3, -0.25) is 4.79 Å². The fraction of sp³-hybridized carbons (Fsp3) is 0.533. The second kappa shape index (κ2) is 4.91. The van der Waals surface area contributed by atoms with Crippen molar-refractivity contribution in [3.63, 3.8) is 0 Å². The Hall–Kier alpha value is -1.31. The molecule has 2 nitrogen and oxygen atoms in total. The van der Waals surface area contributed by atoms with Gasteiger partial charge in [0.15, 0.2) is 5.78 Å². The number of ketones is 1. The van der Waals surface area contributed by atoms with Crippen molar-refractivity contribution in [1.29, 1.82) is 0 Å². The molecule has 1 aromatic rings. The average Bonchev–Trinajstić information content (AvgIpc) is 2.78. The Bertz CT molecular complexity index is 394. The van der Waals surface area contributed by atoms with Gasteiger partial charge in [-0.15, -0.1) is 0 Å². The molecular weight excluding hydrogens is 210 g/mol. The van der Waals surface area contributed by atoms with E-state index in [9.17, 15) is 4.79 Å². The van der Waals surface area contributed by atoms with Gasteiger partial charge in [0.1, 0.15) is 0 Å². The van der Waals surface area contributed by atoms with Gasteiger partial charge >= 0.3 is 0 Å².